The molecule has 2 aromatic heterocycles. The Balaban J connectivity index is 0.000000215. The fourth-order valence-electron chi connectivity index (χ4n) is 12.0. The van der Waals surface area contributed by atoms with Crippen LogP contribution in [-0.4, -0.2) is 188 Å². The fraction of sp³-hybridized carbons (Fsp3) is 0.586. The molecule has 0 radical (unpaired) electrons. The van der Waals surface area contributed by atoms with Crippen LogP contribution in [0.15, 0.2) is 94.2 Å². The van der Waals surface area contributed by atoms with Gasteiger partial charge in [-0.25, -0.2) is 9.59 Å². The van der Waals surface area contributed by atoms with Crippen LogP contribution in [0.3, 0.4) is 0 Å². The number of benzene rings is 2. The second kappa shape index (κ2) is 28.6. The Morgan fingerprint density at radius 2 is 1.26 bits per heavy atom. The normalized spacial score (nSPS) is 23.5. The molecule has 2 bridgehead atoms. The van der Waals surface area contributed by atoms with Gasteiger partial charge in [-0.1, -0.05) is 76.2 Å². The molecule has 20 nitrogen and oxygen atoms in total. The van der Waals surface area contributed by atoms with Crippen LogP contribution < -0.4 is 10.6 Å². The summed E-state index contributed by atoms with van der Waals surface area (Å²) in [5.74, 6) is -0.173. The molecule has 8 atom stereocenters. The minimum atomic E-state index is -1.78. The van der Waals surface area contributed by atoms with Gasteiger partial charge in [-0.15, -0.1) is 0 Å². The number of para-hydroxylation sites is 2. The molecule has 81 heavy (non-hydrogen) atoms. The molecule has 3 saturated heterocycles. The Morgan fingerprint density at radius 1 is 0.753 bits per heavy atom. The number of alkyl carbamates (subject to hydrolysis) is 2. The van der Waals surface area contributed by atoms with Crippen molar-refractivity contribution >= 4 is 67.3 Å². The maximum absolute atomic E-state index is 13.3. The number of nitrogens with one attached hydrogen (secondary N) is 2. The number of likely N-dealkylation sites (tertiary alicyclic amines) is 2. The molecule has 2 aromatic carbocycles. The molecule has 3 aliphatic carbocycles. The van der Waals surface area contributed by atoms with E-state index >= 15 is 0 Å². The summed E-state index contributed by atoms with van der Waals surface area (Å²) in [5.41, 5.74) is 3.03. The zero-order valence-electron chi connectivity index (χ0n) is 48.7. The second-order valence-electron chi connectivity index (χ2n) is 24.0. The van der Waals surface area contributed by atoms with Gasteiger partial charge in [0, 0.05) is 49.1 Å². The van der Waals surface area contributed by atoms with Crippen LogP contribution >= 0.6 is 0 Å². The van der Waals surface area contributed by atoms with E-state index in [1.807, 2.05) is 106 Å². The van der Waals surface area contributed by atoms with Crippen molar-refractivity contribution in [3.8, 4) is 0 Å². The Hall–Kier alpha value is -5.65. The van der Waals surface area contributed by atoms with E-state index in [1.54, 1.807) is 40.6 Å². The Labute approximate surface area is 477 Å². The number of furan rings is 2. The van der Waals surface area contributed by atoms with Crippen molar-refractivity contribution in [2.24, 2.45) is 23.2 Å². The Bertz CT molecular complexity index is 2760. The predicted octanol–water partition coefficient (Wildman–Crippen LogP) is 5.75. The molecule has 4 amide bonds. The Morgan fingerprint density at radius 3 is 1.73 bits per heavy atom. The van der Waals surface area contributed by atoms with E-state index in [0.717, 1.165) is 66.0 Å². The summed E-state index contributed by atoms with van der Waals surface area (Å²) in [6.45, 7) is 13.6. The molecule has 440 valence electrons. The standard InChI is InChI=1S/C32H44BN3O6.C22H30BN3O6.C4H11BO2/c1-31(2)22-17-26(31)32(3)27(18-22)41-33(42-32)28(16-21-19-39-25-12-7-6-11-24(21)25)34-30(38)40-20-23-10-8-15-36(23)29(37)13-9-14-35(4)5;1-25(2)11-6-10-21(27)26-12-5-7-17(26)15-32-22(28)24-20(23(29)30)13-16-14-31-19-9-4-3-8-18(16)19;1-4(2)3-5(6)7/h6-7,9,11-13,19,22-23,26-28H,8,10,14-18,20H2,1-5H3,(H,34,38);3-4,6,8-10,14,17,20,29-30H,5,7,11-13,15H2,1-2H3,(H,24,28);4,6-7H,3H2,1-2H3/b13-9+;10-6+;/t22-,23+,26-,27+,28-,32-;17-,20+;/m01./s1. The molecule has 3 saturated carbocycles. The summed E-state index contributed by atoms with van der Waals surface area (Å²) in [6, 6.07) is 14.9. The Kier molecular flexibility index (Phi) is 22.2. The lowest BCUT2D eigenvalue weighted by atomic mass is 9.43. The van der Waals surface area contributed by atoms with E-state index in [2.05, 4.69) is 31.4 Å². The molecule has 4 aromatic rings. The minimum absolute atomic E-state index is 0.000649. The topological polar surface area (TPSA) is 249 Å². The number of rotatable bonds is 20. The van der Waals surface area contributed by atoms with Gasteiger partial charge in [-0.2, -0.15) is 0 Å². The van der Waals surface area contributed by atoms with E-state index in [4.69, 9.17) is 37.7 Å². The number of carbonyl (C=O) groups is 4. The molecule has 0 unspecified atom stereocenters. The summed E-state index contributed by atoms with van der Waals surface area (Å²) in [7, 11) is 4.26. The number of hydrogen-bond acceptors (Lipinski definition) is 16. The SMILES string of the molecule is CC(C)CB(O)O.CN(C)C/C=C/C(=O)N1CCC[C@@H]1COC(=O)N[C@@H](Cc1coc2ccccc12)B(O)O.CN(C)C/C=C/C(=O)N1CCC[C@@H]1COC(=O)N[C@@H](Cc1coc2ccccc12)B1O[C@@H]2C[C@@H]3C[C@@H](C3(C)C)[C@]2(C)O1. The molecular formula is C58H85B3N6O14. The van der Waals surface area contributed by atoms with E-state index in [0.29, 0.717) is 62.3 Å². The molecule has 5 heterocycles. The predicted molar refractivity (Wildman–Crippen MR) is 311 cm³/mol. The van der Waals surface area contributed by atoms with Gasteiger partial charge in [0.15, 0.2) is 0 Å². The number of nitrogens with zero attached hydrogens (tertiary/aromatic N) is 4. The highest BCUT2D eigenvalue weighted by Crippen LogP contribution is 2.65. The molecule has 23 heteroatoms. The van der Waals surface area contributed by atoms with Crippen molar-refractivity contribution in [1.82, 2.24) is 30.2 Å². The highest BCUT2D eigenvalue weighted by Gasteiger charge is 2.68. The van der Waals surface area contributed by atoms with Gasteiger partial charge in [0.25, 0.3) is 0 Å². The average molecular weight is 1120 g/mol. The molecule has 0 spiro atoms. The zero-order chi connectivity index (χ0) is 58.6. The lowest BCUT2D eigenvalue weighted by Crippen LogP contribution is -2.65. The van der Waals surface area contributed by atoms with Crippen LogP contribution in [-0.2, 0) is 41.2 Å². The van der Waals surface area contributed by atoms with Crippen molar-refractivity contribution < 1.29 is 66.9 Å². The van der Waals surface area contributed by atoms with E-state index < -0.39 is 51.0 Å². The number of ether oxygens (including phenoxy) is 2. The van der Waals surface area contributed by atoms with Crippen LogP contribution in [0.5, 0.6) is 0 Å². The number of carbonyl (C=O) groups excluding carboxylic acids is 4. The third-order valence-corrected chi connectivity index (χ3v) is 16.5. The highest BCUT2D eigenvalue weighted by atomic mass is 16.7. The number of fused-ring (bicyclic) bond motifs is 2. The zero-order valence-corrected chi connectivity index (χ0v) is 48.7. The van der Waals surface area contributed by atoms with Crippen LogP contribution in [0.1, 0.15) is 84.3 Å². The minimum Gasteiger partial charge on any atom is -0.464 e. The first kappa shape index (κ1) is 62.9. The summed E-state index contributed by atoms with van der Waals surface area (Å²) >= 11 is 0. The first-order valence-corrected chi connectivity index (χ1v) is 28.6. The van der Waals surface area contributed by atoms with Gasteiger partial charge in [0.1, 0.15) is 24.4 Å². The van der Waals surface area contributed by atoms with Crippen LogP contribution in [0.4, 0.5) is 9.59 Å². The third-order valence-electron chi connectivity index (χ3n) is 16.5. The van der Waals surface area contributed by atoms with E-state index in [9.17, 15) is 29.2 Å². The molecule has 3 aliphatic heterocycles. The molecule has 6 aliphatic rings. The fourth-order valence-corrected chi connectivity index (χ4v) is 12.0. The number of likely N-dealkylation sites (N-methyl/N-ethyl adjacent to an activating group) is 2. The summed E-state index contributed by atoms with van der Waals surface area (Å²) in [5, 5.41) is 43.5. The van der Waals surface area contributed by atoms with Crippen LogP contribution in [0, 0.1) is 23.2 Å². The van der Waals surface area contributed by atoms with Crippen LogP contribution in [0.25, 0.3) is 21.9 Å². The lowest BCUT2D eigenvalue weighted by Gasteiger charge is -2.64. The first-order valence-electron chi connectivity index (χ1n) is 28.6. The molecule has 6 fully saturated rings. The van der Waals surface area contributed by atoms with E-state index in [-0.39, 0.29) is 55.1 Å². The van der Waals surface area contributed by atoms with E-state index in [1.165, 1.54) is 0 Å². The molecular weight excluding hydrogens is 1040 g/mol. The largest absolute Gasteiger partial charge is 0.482 e. The van der Waals surface area contributed by atoms with Crippen LogP contribution in [0.2, 0.25) is 6.32 Å². The highest BCUT2D eigenvalue weighted by molar-refractivity contribution is 6.48. The van der Waals surface area contributed by atoms with Crippen molar-refractivity contribution in [2.75, 3.05) is 67.6 Å². The maximum atomic E-state index is 13.3. The summed E-state index contributed by atoms with van der Waals surface area (Å²) < 4.78 is 35.7. The van der Waals surface area contributed by atoms with Crippen molar-refractivity contribution in [2.45, 2.75) is 128 Å². The van der Waals surface area contributed by atoms with Gasteiger partial charge in [-0.05, 0) is 139 Å². The monoisotopic (exact) mass is 1120 g/mol. The van der Waals surface area contributed by atoms with Gasteiger partial charge in [0.2, 0.25) is 11.8 Å². The smallest absolute Gasteiger partial charge is 0.464 e. The maximum Gasteiger partial charge on any atom is 0.482 e. The number of hydrogen-bond donors (Lipinski definition) is 6. The summed E-state index contributed by atoms with van der Waals surface area (Å²) in [6.07, 6.45) is 15.3. The quantitative estimate of drug-likeness (QED) is 0.0455. The second-order valence-corrected chi connectivity index (χ2v) is 24.0. The van der Waals surface area contributed by atoms with Gasteiger partial charge in [-0.3, -0.25) is 9.59 Å². The van der Waals surface area contributed by atoms with Gasteiger partial charge < -0.3 is 77.9 Å². The van der Waals surface area contributed by atoms with Crippen molar-refractivity contribution in [1.29, 1.82) is 0 Å². The molecule has 6 N–H and O–H groups in total. The van der Waals surface area contributed by atoms with Crippen molar-refractivity contribution in [3.05, 3.63) is 96.5 Å². The average Bonchev–Trinajstić information content (AvgIpc) is 4.46. The number of amides is 4. The van der Waals surface area contributed by atoms with Gasteiger partial charge in [0.05, 0.1) is 48.2 Å². The van der Waals surface area contributed by atoms with Crippen molar-refractivity contribution in [3.63, 3.8) is 0 Å². The lowest BCUT2D eigenvalue weighted by molar-refractivity contribution is -0.199. The van der Waals surface area contributed by atoms with Gasteiger partial charge >= 0.3 is 33.5 Å². The first-order chi connectivity index (χ1) is 38.5. The third kappa shape index (κ3) is 16.6. The summed E-state index contributed by atoms with van der Waals surface area (Å²) in [4.78, 5) is 58.2. The molecule has 10 rings (SSSR count).